The molecule has 0 spiro atoms. The maximum absolute atomic E-state index is 13.6. The second kappa shape index (κ2) is 10.4. The van der Waals surface area contributed by atoms with E-state index in [9.17, 15) is 9.59 Å². The van der Waals surface area contributed by atoms with Gasteiger partial charge in [0.05, 0.1) is 40.2 Å². The molecule has 1 aliphatic heterocycles. The Bertz CT molecular complexity index is 1410. The van der Waals surface area contributed by atoms with Gasteiger partial charge in [-0.15, -0.1) is 23.1 Å². The number of thiophene rings is 1. The van der Waals surface area contributed by atoms with Gasteiger partial charge in [0.15, 0.2) is 0 Å². The first-order chi connectivity index (χ1) is 17.7. The van der Waals surface area contributed by atoms with Gasteiger partial charge in [0.2, 0.25) is 11.8 Å². The van der Waals surface area contributed by atoms with Gasteiger partial charge < -0.3 is 9.73 Å². The van der Waals surface area contributed by atoms with Crippen molar-refractivity contribution in [3.63, 3.8) is 0 Å². The van der Waals surface area contributed by atoms with Crippen molar-refractivity contribution in [2.45, 2.75) is 38.0 Å². The van der Waals surface area contributed by atoms with E-state index in [0.29, 0.717) is 22.3 Å². The zero-order valence-electron chi connectivity index (χ0n) is 20.7. The number of hydrogen-bond acceptors (Lipinski definition) is 6. The normalized spacial score (nSPS) is 15.9. The van der Waals surface area contributed by atoms with Gasteiger partial charge in [0.1, 0.15) is 18.1 Å². The Balaban J connectivity index is 1.66. The maximum atomic E-state index is 13.6. The summed E-state index contributed by atoms with van der Waals surface area (Å²) in [6.45, 7) is 6.41. The largest absolute Gasteiger partial charge is 0.467 e. The number of benzene rings is 1. The second-order valence-electron chi connectivity index (χ2n) is 9.74. The molecule has 37 heavy (non-hydrogen) atoms. The number of amides is 2. The van der Waals surface area contributed by atoms with E-state index in [2.05, 4.69) is 32.2 Å². The first-order valence-corrected chi connectivity index (χ1v) is 14.2. The molecule has 4 aromatic rings. The van der Waals surface area contributed by atoms with Gasteiger partial charge >= 0.3 is 0 Å². The van der Waals surface area contributed by atoms with Crippen LogP contribution in [0.3, 0.4) is 0 Å². The van der Waals surface area contributed by atoms with Crippen LogP contribution in [0.5, 0.6) is 0 Å². The summed E-state index contributed by atoms with van der Waals surface area (Å²) in [6.07, 6.45) is 1.56. The summed E-state index contributed by atoms with van der Waals surface area (Å²) in [5.74, 6) is 1.00. The van der Waals surface area contributed by atoms with Crippen LogP contribution in [0, 0.1) is 0 Å². The van der Waals surface area contributed by atoms with Gasteiger partial charge in [-0.1, -0.05) is 50.6 Å². The van der Waals surface area contributed by atoms with Crippen LogP contribution in [0.4, 0.5) is 5.82 Å². The Morgan fingerprint density at radius 1 is 1.19 bits per heavy atom. The zero-order valence-corrected chi connectivity index (χ0v) is 23.1. The Labute approximate surface area is 228 Å². The number of hydrogen-bond donors (Lipinski definition) is 1. The van der Waals surface area contributed by atoms with Crippen LogP contribution in [0.1, 0.15) is 47.9 Å². The molecule has 0 saturated heterocycles. The molecule has 2 amide bonds. The molecular weight excluding hydrogens is 528 g/mol. The number of fused-ring (bicyclic) bond motifs is 1. The molecule has 1 aromatic carbocycles. The first-order valence-electron chi connectivity index (χ1n) is 11.9. The number of thioether (sulfide) groups is 1. The third-order valence-electron chi connectivity index (χ3n) is 6.02. The molecule has 3 aromatic heterocycles. The molecule has 0 aliphatic carbocycles. The SMILES string of the molecule is CC(C)(C)c1nn(-c2ccccc2Cl)c2c1[C@@H](c1cccs1)SCC(=O)N2CC(=O)NCc1ccco1. The van der Waals surface area contributed by atoms with Crippen molar-refractivity contribution in [3.8, 4) is 5.69 Å². The summed E-state index contributed by atoms with van der Waals surface area (Å²) in [7, 11) is 0. The molecule has 5 rings (SSSR count). The minimum Gasteiger partial charge on any atom is -0.467 e. The van der Waals surface area contributed by atoms with Crippen LogP contribution >= 0.6 is 34.7 Å². The number of halogens is 1. The minimum atomic E-state index is -0.326. The molecule has 1 N–H and O–H groups in total. The third-order valence-corrected chi connectivity index (χ3v) is 8.67. The van der Waals surface area contributed by atoms with Crippen LogP contribution < -0.4 is 10.2 Å². The summed E-state index contributed by atoms with van der Waals surface area (Å²) >= 11 is 9.85. The molecule has 7 nitrogen and oxygen atoms in total. The molecule has 192 valence electrons. The van der Waals surface area contributed by atoms with E-state index in [1.165, 1.54) is 0 Å². The van der Waals surface area contributed by atoms with E-state index in [0.717, 1.165) is 16.1 Å². The van der Waals surface area contributed by atoms with Gasteiger partial charge in [-0.3, -0.25) is 14.5 Å². The number of rotatable bonds is 6. The van der Waals surface area contributed by atoms with E-state index >= 15 is 0 Å². The lowest BCUT2D eigenvalue weighted by Crippen LogP contribution is -2.42. The summed E-state index contributed by atoms with van der Waals surface area (Å²) in [4.78, 5) is 29.4. The fourth-order valence-corrected chi connectivity index (χ4v) is 6.72. The zero-order chi connectivity index (χ0) is 26.2. The first kappa shape index (κ1) is 25.6. The van der Waals surface area contributed by atoms with E-state index in [1.807, 2.05) is 29.6 Å². The van der Waals surface area contributed by atoms with E-state index < -0.39 is 0 Å². The van der Waals surface area contributed by atoms with Crippen LogP contribution in [0.15, 0.2) is 64.6 Å². The molecule has 0 bridgehead atoms. The van der Waals surface area contributed by atoms with Crippen LogP contribution in [-0.2, 0) is 21.5 Å². The average Bonchev–Trinajstić information content (AvgIpc) is 3.62. The summed E-state index contributed by atoms with van der Waals surface area (Å²) in [5.41, 5.74) is 2.13. The molecule has 4 heterocycles. The van der Waals surface area contributed by atoms with Gasteiger partial charge in [-0.2, -0.15) is 5.10 Å². The predicted octanol–water partition coefficient (Wildman–Crippen LogP) is 5.96. The Morgan fingerprint density at radius 2 is 2.00 bits per heavy atom. The highest BCUT2D eigenvalue weighted by Gasteiger charge is 2.40. The van der Waals surface area contributed by atoms with E-state index in [1.54, 1.807) is 57.1 Å². The van der Waals surface area contributed by atoms with Gasteiger partial charge in [0, 0.05) is 15.9 Å². The average molecular weight is 555 g/mol. The van der Waals surface area contributed by atoms with Crippen LogP contribution in [-0.4, -0.2) is 33.9 Å². The van der Waals surface area contributed by atoms with Crippen LogP contribution in [0.2, 0.25) is 5.02 Å². The van der Waals surface area contributed by atoms with Crippen molar-refractivity contribution in [2.75, 3.05) is 17.2 Å². The Kier molecular flexibility index (Phi) is 7.20. The topological polar surface area (TPSA) is 80.4 Å². The summed E-state index contributed by atoms with van der Waals surface area (Å²) < 4.78 is 7.07. The van der Waals surface area contributed by atoms with Crippen molar-refractivity contribution >= 4 is 52.3 Å². The fourth-order valence-electron chi connectivity index (χ4n) is 4.33. The highest BCUT2D eigenvalue weighted by Crippen LogP contribution is 2.49. The smallest absolute Gasteiger partial charge is 0.240 e. The number of aromatic nitrogens is 2. The van der Waals surface area contributed by atoms with Crippen molar-refractivity contribution in [1.29, 1.82) is 0 Å². The lowest BCUT2D eigenvalue weighted by molar-refractivity contribution is -0.123. The van der Waals surface area contributed by atoms with E-state index in [4.69, 9.17) is 21.1 Å². The molecule has 0 unspecified atom stereocenters. The third kappa shape index (κ3) is 5.21. The molecule has 0 saturated carbocycles. The van der Waals surface area contributed by atoms with Crippen molar-refractivity contribution < 1.29 is 14.0 Å². The highest BCUT2D eigenvalue weighted by molar-refractivity contribution is 8.00. The maximum Gasteiger partial charge on any atom is 0.240 e. The van der Waals surface area contributed by atoms with E-state index in [-0.39, 0.29) is 41.3 Å². The number of carbonyl (C=O) groups is 2. The molecule has 0 fully saturated rings. The fraction of sp³-hybridized carbons (Fsp3) is 0.296. The minimum absolute atomic E-state index is 0.111. The molecule has 1 aliphatic rings. The van der Waals surface area contributed by atoms with Crippen molar-refractivity contribution in [2.24, 2.45) is 0 Å². The predicted molar refractivity (Wildman–Crippen MR) is 149 cm³/mol. The molecule has 1 atom stereocenters. The number of para-hydroxylation sites is 1. The molecule has 0 radical (unpaired) electrons. The van der Waals surface area contributed by atoms with Crippen molar-refractivity contribution in [1.82, 2.24) is 15.1 Å². The van der Waals surface area contributed by atoms with Crippen LogP contribution in [0.25, 0.3) is 5.69 Å². The summed E-state index contributed by atoms with van der Waals surface area (Å²) in [6, 6.07) is 15.1. The van der Waals surface area contributed by atoms with Gasteiger partial charge in [0.25, 0.3) is 0 Å². The lowest BCUT2D eigenvalue weighted by Gasteiger charge is -2.24. The second-order valence-corrected chi connectivity index (χ2v) is 12.2. The lowest BCUT2D eigenvalue weighted by atomic mass is 9.88. The summed E-state index contributed by atoms with van der Waals surface area (Å²) in [5, 5.41) is 10.4. The van der Waals surface area contributed by atoms with Gasteiger partial charge in [-0.25, -0.2) is 4.68 Å². The molecular formula is C27H27ClN4O3S2. The van der Waals surface area contributed by atoms with Gasteiger partial charge in [-0.05, 0) is 35.7 Å². The number of furan rings is 1. The monoisotopic (exact) mass is 554 g/mol. The van der Waals surface area contributed by atoms with Crippen molar-refractivity contribution in [3.05, 3.63) is 87.1 Å². The number of carbonyl (C=O) groups excluding carboxylic acids is 2. The Hall–Kier alpha value is -3.01. The molecule has 10 heteroatoms. The number of nitrogens with zero attached hydrogens (tertiary/aromatic N) is 3. The highest BCUT2D eigenvalue weighted by atomic mass is 35.5. The number of nitrogens with one attached hydrogen (secondary N) is 1. The quantitative estimate of drug-likeness (QED) is 0.318. The standard InChI is InChI=1S/C27H27ClN4O3S2/c1-27(2,3)25-23-24(20-11-7-13-36-20)37-16-22(34)31(15-21(33)29-14-17-8-6-12-35-17)26(23)32(30-25)19-10-5-4-9-18(19)28/h4-13,24H,14-16H2,1-3H3,(H,29,33)/t24-/m1/s1. The number of anilines is 1. The Morgan fingerprint density at radius 3 is 2.68 bits per heavy atom.